The van der Waals surface area contributed by atoms with Gasteiger partial charge in [-0.15, -0.1) is 0 Å². The molecule has 1 saturated heterocycles. The van der Waals surface area contributed by atoms with Crippen molar-refractivity contribution < 1.29 is 14.3 Å². The van der Waals surface area contributed by atoms with Crippen molar-refractivity contribution in [3.63, 3.8) is 0 Å². The smallest absolute Gasteiger partial charge is 0.206 e. The number of allylic oxidation sites excluding steroid dienone is 5. The minimum Gasteiger partial charge on any atom is -0.346 e. The summed E-state index contributed by atoms with van der Waals surface area (Å²) in [5, 5.41) is 0. The molecule has 110 valence electrons. The molecule has 0 amide bonds. The Hall–Kier alpha value is -1.71. The highest BCUT2D eigenvalue weighted by Crippen LogP contribution is 2.51. The van der Waals surface area contributed by atoms with Gasteiger partial charge in [0.2, 0.25) is 5.79 Å². The minimum absolute atomic E-state index is 0.0184. The van der Waals surface area contributed by atoms with Gasteiger partial charge in [-0.05, 0) is 12.5 Å². The average Bonchev–Trinajstić information content (AvgIpc) is 2.95. The van der Waals surface area contributed by atoms with E-state index in [0.29, 0.717) is 18.6 Å². The van der Waals surface area contributed by atoms with Gasteiger partial charge in [0, 0.05) is 12.3 Å². The van der Waals surface area contributed by atoms with E-state index in [1.807, 2.05) is 24.3 Å². The lowest BCUT2D eigenvalue weighted by molar-refractivity contribution is -0.119. The molecule has 2 aliphatic carbocycles. The zero-order chi connectivity index (χ0) is 14.9. The molecule has 2 atom stereocenters. The normalized spacial score (nSPS) is 30.4. The summed E-state index contributed by atoms with van der Waals surface area (Å²) in [5.74, 6) is -0.211. The SMILES string of the molecule is C=C(C)C(=O)CCOC1(C2C=CC=C2)OC1C1C=CC=C1. The number of epoxide rings is 1. The summed E-state index contributed by atoms with van der Waals surface area (Å²) < 4.78 is 12.0. The van der Waals surface area contributed by atoms with Gasteiger partial charge in [-0.2, -0.15) is 0 Å². The van der Waals surface area contributed by atoms with Gasteiger partial charge in [0.25, 0.3) is 0 Å². The van der Waals surface area contributed by atoms with Gasteiger partial charge >= 0.3 is 0 Å². The van der Waals surface area contributed by atoms with Gasteiger partial charge in [-0.1, -0.05) is 55.2 Å². The van der Waals surface area contributed by atoms with Crippen molar-refractivity contribution in [1.29, 1.82) is 0 Å². The lowest BCUT2D eigenvalue weighted by Crippen LogP contribution is -2.30. The van der Waals surface area contributed by atoms with E-state index >= 15 is 0 Å². The van der Waals surface area contributed by atoms with Gasteiger partial charge in [0.05, 0.1) is 12.5 Å². The lowest BCUT2D eigenvalue weighted by atomic mass is 9.94. The van der Waals surface area contributed by atoms with Crippen molar-refractivity contribution in [3.05, 3.63) is 60.8 Å². The summed E-state index contributed by atoms with van der Waals surface area (Å²) >= 11 is 0. The van der Waals surface area contributed by atoms with E-state index in [1.54, 1.807) is 6.92 Å². The van der Waals surface area contributed by atoms with E-state index < -0.39 is 5.79 Å². The fraction of sp³-hybridized carbons (Fsp3) is 0.389. The number of hydrogen-bond donors (Lipinski definition) is 0. The van der Waals surface area contributed by atoms with Crippen LogP contribution >= 0.6 is 0 Å². The third kappa shape index (κ3) is 2.71. The van der Waals surface area contributed by atoms with Gasteiger partial charge in [0.15, 0.2) is 5.78 Å². The lowest BCUT2D eigenvalue weighted by Gasteiger charge is -2.19. The quantitative estimate of drug-likeness (QED) is 0.532. The van der Waals surface area contributed by atoms with E-state index in [2.05, 4.69) is 30.9 Å². The Morgan fingerprint density at radius 3 is 2.43 bits per heavy atom. The molecule has 1 fully saturated rings. The van der Waals surface area contributed by atoms with Gasteiger partial charge in [-0.25, -0.2) is 0 Å². The van der Waals surface area contributed by atoms with Crippen LogP contribution in [-0.2, 0) is 14.3 Å². The molecule has 21 heavy (non-hydrogen) atoms. The Bertz CT molecular complexity index is 543. The average molecular weight is 284 g/mol. The number of ether oxygens (including phenoxy) is 2. The van der Waals surface area contributed by atoms with Crippen molar-refractivity contribution in [1.82, 2.24) is 0 Å². The molecule has 1 heterocycles. The second kappa shape index (κ2) is 5.58. The zero-order valence-electron chi connectivity index (χ0n) is 12.2. The first-order valence-electron chi connectivity index (χ1n) is 7.34. The maximum atomic E-state index is 11.6. The second-order valence-electron chi connectivity index (χ2n) is 5.70. The van der Waals surface area contributed by atoms with Crippen molar-refractivity contribution in [2.24, 2.45) is 11.8 Å². The molecule has 3 rings (SSSR count). The zero-order valence-corrected chi connectivity index (χ0v) is 12.2. The molecule has 0 aromatic rings. The highest BCUT2D eigenvalue weighted by atomic mass is 16.8. The molecule has 2 unspecified atom stereocenters. The molecule has 0 radical (unpaired) electrons. The van der Waals surface area contributed by atoms with E-state index in [9.17, 15) is 4.79 Å². The minimum atomic E-state index is -0.622. The topological polar surface area (TPSA) is 38.8 Å². The summed E-state index contributed by atoms with van der Waals surface area (Å²) in [7, 11) is 0. The van der Waals surface area contributed by atoms with Crippen molar-refractivity contribution in [2.75, 3.05) is 6.61 Å². The van der Waals surface area contributed by atoms with Crippen LogP contribution in [0.2, 0.25) is 0 Å². The summed E-state index contributed by atoms with van der Waals surface area (Å²) in [5.41, 5.74) is 0.572. The van der Waals surface area contributed by atoms with Gasteiger partial charge in [0.1, 0.15) is 6.10 Å². The number of carbonyl (C=O) groups excluding carboxylic acids is 1. The second-order valence-corrected chi connectivity index (χ2v) is 5.70. The summed E-state index contributed by atoms with van der Waals surface area (Å²) in [6.07, 6.45) is 16.9. The van der Waals surface area contributed by atoms with Crippen LogP contribution in [0.4, 0.5) is 0 Å². The van der Waals surface area contributed by atoms with E-state index in [0.717, 1.165) is 0 Å². The third-order valence-electron chi connectivity index (χ3n) is 4.12. The first kappa shape index (κ1) is 14.2. The van der Waals surface area contributed by atoms with E-state index in [1.165, 1.54) is 0 Å². The fourth-order valence-corrected chi connectivity index (χ4v) is 2.86. The van der Waals surface area contributed by atoms with Crippen LogP contribution in [0.3, 0.4) is 0 Å². The number of rotatable bonds is 7. The number of ketones is 1. The van der Waals surface area contributed by atoms with E-state index in [-0.39, 0.29) is 23.7 Å². The van der Waals surface area contributed by atoms with Crippen molar-refractivity contribution in [2.45, 2.75) is 25.2 Å². The highest BCUT2D eigenvalue weighted by molar-refractivity contribution is 5.94. The molecule has 0 aromatic heterocycles. The first-order chi connectivity index (χ1) is 10.1. The Kier molecular flexibility index (Phi) is 3.79. The Balaban J connectivity index is 1.64. The maximum Gasteiger partial charge on any atom is 0.206 e. The summed E-state index contributed by atoms with van der Waals surface area (Å²) in [6.45, 7) is 5.75. The van der Waals surface area contributed by atoms with Crippen LogP contribution < -0.4 is 0 Å². The molecular weight excluding hydrogens is 264 g/mol. The third-order valence-corrected chi connectivity index (χ3v) is 4.12. The summed E-state index contributed by atoms with van der Waals surface area (Å²) in [4.78, 5) is 11.6. The molecule has 3 aliphatic rings. The van der Waals surface area contributed by atoms with Crippen LogP contribution in [0.1, 0.15) is 13.3 Å². The number of carbonyl (C=O) groups is 1. The summed E-state index contributed by atoms with van der Waals surface area (Å²) in [6, 6.07) is 0. The Labute approximate surface area is 125 Å². The van der Waals surface area contributed by atoms with Crippen LogP contribution in [0.15, 0.2) is 60.8 Å². The fourth-order valence-electron chi connectivity index (χ4n) is 2.86. The van der Waals surface area contributed by atoms with Crippen molar-refractivity contribution in [3.8, 4) is 0 Å². The molecule has 0 N–H and O–H groups in total. The van der Waals surface area contributed by atoms with E-state index in [4.69, 9.17) is 9.47 Å². The number of hydrogen-bond acceptors (Lipinski definition) is 3. The molecule has 3 nitrogen and oxygen atoms in total. The van der Waals surface area contributed by atoms with Gasteiger partial charge in [-0.3, -0.25) is 4.79 Å². The van der Waals surface area contributed by atoms with Gasteiger partial charge < -0.3 is 9.47 Å². The van der Waals surface area contributed by atoms with Crippen LogP contribution in [0.25, 0.3) is 0 Å². The van der Waals surface area contributed by atoms with Crippen molar-refractivity contribution >= 4 is 5.78 Å². The number of Topliss-reactive ketones (excluding diaryl/α,β-unsaturated/α-hetero) is 1. The maximum absolute atomic E-state index is 11.6. The molecule has 0 aromatic carbocycles. The standard InChI is InChI=1S/C18H20O3/c1-13(2)16(19)11-12-20-18(15-9-5-6-10-15)17(21-18)14-7-3-4-8-14/h3-10,14-15,17H,1,11-12H2,2H3. The monoisotopic (exact) mass is 284 g/mol. The molecular formula is C18H20O3. The largest absolute Gasteiger partial charge is 0.346 e. The molecule has 1 aliphatic heterocycles. The Morgan fingerprint density at radius 2 is 1.81 bits per heavy atom. The first-order valence-corrected chi connectivity index (χ1v) is 7.34. The van der Waals surface area contributed by atoms with Crippen LogP contribution in [0, 0.1) is 11.8 Å². The predicted octanol–water partition coefficient (Wildman–Crippen LogP) is 3.12. The highest BCUT2D eigenvalue weighted by Gasteiger charge is 2.64. The Morgan fingerprint density at radius 1 is 1.19 bits per heavy atom. The molecule has 0 saturated carbocycles. The van der Waals surface area contributed by atoms with Crippen LogP contribution in [-0.4, -0.2) is 24.3 Å². The molecule has 0 bridgehead atoms. The molecule has 0 spiro atoms. The van der Waals surface area contributed by atoms with Crippen LogP contribution in [0.5, 0.6) is 0 Å². The molecule has 3 heteroatoms. The predicted molar refractivity (Wildman–Crippen MR) is 81.5 cm³/mol.